The highest BCUT2D eigenvalue weighted by atomic mass is 32.1. The molecule has 1 aliphatic rings. The zero-order valence-corrected chi connectivity index (χ0v) is 19.0. The van der Waals surface area contributed by atoms with Crippen LogP contribution in [-0.2, 0) is 13.2 Å². The summed E-state index contributed by atoms with van der Waals surface area (Å²) in [4.78, 5) is 19.6. The lowest BCUT2D eigenvalue weighted by Crippen LogP contribution is -2.44. The first-order valence-corrected chi connectivity index (χ1v) is 11.7. The molecular formula is C25H29N3O2S. The molecule has 4 rings (SSSR count). The number of hydrogen-bond acceptors (Lipinski definition) is 5. The van der Waals surface area contributed by atoms with Crippen molar-refractivity contribution in [3.8, 4) is 5.75 Å². The minimum atomic E-state index is -0.0351. The van der Waals surface area contributed by atoms with Gasteiger partial charge in [-0.15, -0.1) is 11.3 Å². The van der Waals surface area contributed by atoms with Crippen molar-refractivity contribution in [1.29, 1.82) is 0 Å². The smallest absolute Gasteiger partial charge is 0.251 e. The van der Waals surface area contributed by atoms with E-state index in [9.17, 15) is 4.79 Å². The number of benzene rings is 2. The summed E-state index contributed by atoms with van der Waals surface area (Å²) in [5.74, 6) is 0.651. The van der Waals surface area contributed by atoms with E-state index in [0.29, 0.717) is 17.9 Å². The van der Waals surface area contributed by atoms with Gasteiger partial charge in [0.25, 0.3) is 5.91 Å². The van der Waals surface area contributed by atoms with Crippen LogP contribution in [0.15, 0.2) is 53.9 Å². The molecule has 1 aliphatic heterocycles. The van der Waals surface area contributed by atoms with Crippen LogP contribution in [0.2, 0.25) is 0 Å². The highest BCUT2D eigenvalue weighted by molar-refractivity contribution is 7.09. The largest absolute Gasteiger partial charge is 0.487 e. The Labute approximate surface area is 188 Å². The number of amides is 1. The molecule has 5 nitrogen and oxygen atoms in total. The molecular weight excluding hydrogens is 406 g/mol. The monoisotopic (exact) mass is 435 g/mol. The first-order valence-electron chi connectivity index (χ1n) is 10.8. The normalized spacial score (nSPS) is 15.0. The minimum Gasteiger partial charge on any atom is -0.487 e. The molecule has 0 spiro atoms. The number of carbonyl (C=O) groups is 1. The molecule has 3 aromatic rings. The van der Waals surface area contributed by atoms with Crippen molar-refractivity contribution in [1.82, 2.24) is 15.2 Å². The molecule has 0 atom stereocenters. The number of aromatic nitrogens is 1. The van der Waals surface area contributed by atoms with Gasteiger partial charge in [0.05, 0.1) is 10.7 Å². The Morgan fingerprint density at radius 1 is 1.16 bits per heavy atom. The fourth-order valence-corrected chi connectivity index (χ4v) is 4.53. The van der Waals surface area contributed by atoms with Gasteiger partial charge >= 0.3 is 0 Å². The summed E-state index contributed by atoms with van der Waals surface area (Å²) < 4.78 is 5.82. The fraction of sp³-hybridized carbons (Fsp3) is 0.360. The molecule has 1 aromatic heterocycles. The van der Waals surface area contributed by atoms with Crippen molar-refractivity contribution in [2.24, 2.45) is 0 Å². The van der Waals surface area contributed by atoms with Crippen LogP contribution in [0.3, 0.4) is 0 Å². The highest BCUT2D eigenvalue weighted by Crippen LogP contribution is 2.18. The van der Waals surface area contributed by atoms with Crippen LogP contribution in [0.5, 0.6) is 5.75 Å². The van der Waals surface area contributed by atoms with E-state index in [1.54, 1.807) is 17.4 Å². The average molecular weight is 436 g/mol. The third-order valence-electron chi connectivity index (χ3n) is 5.56. The molecule has 1 saturated heterocycles. The van der Waals surface area contributed by atoms with E-state index in [0.717, 1.165) is 43.2 Å². The lowest BCUT2D eigenvalue weighted by molar-refractivity contribution is 0.0908. The number of nitrogens with one attached hydrogen (secondary N) is 1. The van der Waals surface area contributed by atoms with E-state index >= 15 is 0 Å². The fourth-order valence-electron chi connectivity index (χ4n) is 3.93. The molecule has 31 heavy (non-hydrogen) atoms. The molecule has 162 valence electrons. The number of hydrogen-bond donors (Lipinski definition) is 1. The topological polar surface area (TPSA) is 54.5 Å². The van der Waals surface area contributed by atoms with Crippen LogP contribution in [-0.4, -0.2) is 34.9 Å². The van der Waals surface area contributed by atoms with Crippen molar-refractivity contribution < 1.29 is 9.53 Å². The average Bonchev–Trinajstić information content (AvgIpc) is 3.19. The zero-order chi connectivity index (χ0) is 21.6. The predicted molar refractivity (Wildman–Crippen MR) is 125 cm³/mol. The summed E-state index contributed by atoms with van der Waals surface area (Å²) in [6.45, 7) is 7.48. The van der Waals surface area contributed by atoms with Crippen LogP contribution in [0.25, 0.3) is 0 Å². The van der Waals surface area contributed by atoms with Crippen LogP contribution in [0.4, 0.5) is 0 Å². The second-order valence-corrected chi connectivity index (χ2v) is 9.25. The zero-order valence-electron chi connectivity index (χ0n) is 18.1. The van der Waals surface area contributed by atoms with Crippen LogP contribution >= 0.6 is 11.3 Å². The van der Waals surface area contributed by atoms with Crippen molar-refractivity contribution in [2.45, 2.75) is 45.9 Å². The summed E-state index contributed by atoms with van der Waals surface area (Å²) in [6, 6.07) is 16.3. The third-order valence-corrected chi connectivity index (χ3v) is 6.38. The number of piperidine rings is 1. The molecule has 1 fully saturated rings. The molecule has 1 amide bonds. The van der Waals surface area contributed by atoms with Crippen molar-refractivity contribution in [3.05, 3.63) is 81.3 Å². The summed E-state index contributed by atoms with van der Waals surface area (Å²) in [5.41, 5.74) is 4.20. The standard InChI is InChI=1S/C25H29N3O2S/c1-18-5-3-6-20(13-18)15-28-11-9-22(10-12-28)27-25(29)21-7-4-8-24(14-21)30-16-23-17-31-19(2)26-23/h3-8,13-14,17,22H,9-12,15-16H2,1-2H3,(H,27,29). The van der Waals surface area contributed by atoms with E-state index < -0.39 is 0 Å². The van der Waals surface area contributed by atoms with Crippen LogP contribution in [0.1, 0.15) is 45.0 Å². The summed E-state index contributed by atoms with van der Waals surface area (Å²) in [7, 11) is 0. The Bertz CT molecular complexity index is 1020. The molecule has 6 heteroatoms. The molecule has 2 aromatic carbocycles. The highest BCUT2D eigenvalue weighted by Gasteiger charge is 2.21. The van der Waals surface area contributed by atoms with Gasteiger partial charge in [0.1, 0.15) is 12.4 Å². The summed E-state index contributed by atoms with van der Waals surface area (Å²) in [6.07, 6.45) is 1.94. The maximum atomic E-state index is 12.8. The number of nitrogens with zero attached hydrogens (tertiary/aromatic N) is 2. The Kier molecular flexibility index (Phi) is 6.99. The van der Waals surface area contributed by atoms with Gasteiger partial charge in [-0.05, 0) is 50.5 Å². The quantitative estimate of drug-likeness (QED) is 0.583. The predicted octanol–water partition coefficient (Wildman–Crippen LogP) is 4.73. The maximum Gasteiger partial charge on any atom is 0.251 e. The number of aryl methyl sites for hydroxylation is 2. The molecule has 0 saturated carbocycles. The van der Waals surface area contributed by atoms with Gasteiger partial charge in [0.15, 0.2) is 0 Å². The van der Waals surface area contributed by atoms with Gasteiger partial charge in [-0.3, -0.25) is 9.69 Å². The third kappa shape index (κ3) is 6.15. The van der Waals surface area contributed by atoms with Gasteiger partial charge in [-0.1, -0.05) is 35.9 Å². The summed E-state index contributed by atoms with van der Waals surface area (Å²) in [5, 5.41) is 6.22. The first-order chi connectivity index (χ1) is 15.0. The molecule has 1 N–H and O–H groups in total. The second-order valence-electron chi connectivity index (χ2n) is 8.19. The number of rotatable bonds is 7. The molecule has 0 radical (unpaired) electrons. The molecule has 0 unspecified atom stereocenters. The Morgan fingerprint density at radius 3 is 2.71 bits per heavy atom. The van der Waals surface area contributed by atoms with Gasteiger partial charge in [-0.2, -0.15) is 0 Å². The molecule has 0 aliphatic carbocycles. The lowest BCUT2D eigenvalue weighted by Gasteiger charge is -2.32. The number of ether oxygens (including phenoxy) is 1. The number of likely N-dealkylation sites (tertiary alicyclic amines) is 1. The van der Waals surface area contributed by atoms with E-state index in [2.05, 4.69) is 46.4 Å². The van der Waals surface area contributed by atoms with Gasteiger partial charge < -0.3 is 10.1 Å². The second kappa shape index (κ2) is 10.1. The minimum absolute atomic E-state index is 0.0351. The van der Waals surface area contributed by atoms with Gasteiger partial charge in [0, 0.05) is 36.6 Å². The first kappa shape index (κ1) is 21.5. The van der Waals surface area contributed by atoms with Crippen LogP contribution < -0.4 is 10.1 Å². The van der Waals surface area contributed by atoms with Crippen molar-refractivity contribution in [3.63, 3.8) is 0 Å². The number of thiazole rings is 1. The van der Waals surface area contributed by atoms with E-state index in [4.69, 9.17) is 4.74 Å². The number of carbonyl (C=O) groups excluding carboxylic acids is 1. The van der Waals surface area contributed by atoms with E-state index in [-0.39, 0.29) is 11.9 Å². The van der Waals surface area contributed by atoms with Crippen LogP contribution in [0, 0.1) is 13.8 Å². The van der Waals surface area contributed by atoms with Gasteiger partial charge in [0.2, 0.25) is 0 Å². The maximum absolute atomic E-state index is 12.8. The van der Waals surface area contributed by atoms with E-state index in [1.807, 2.05) is 30.5 Å². The van der Waals surface area contributed by atoms with Crippen molar-refractivity contribution in [2.75, 3.05) is 13.1 Å². The molecule has 2 heterocycles. The Morgan fingerprint density at radius 2 is 1.97 bits per heavy atom. The van der Waals surface area contributed by atoms with E-state index in [1.165, 1.54) is 11.1 Å². The summed E-state index contributed by atoms with van der Waals surface area (Å²) >= 11 is 1.61. The molecule has 0 bridgehead atoms. The lowest BCUT2D eigenvalue weighted by atomic mass is 10.0. The Balaban J connectivity index is 1.26. The van der Waals surface area contributed by atoms with Crippen molar-refractivity contribution >= 4 is 17.2 Å². The Hall–Kier alpha value is -2.70. The SMILES string of the molecule is Cc1cccc(CN2CCC(NC(=O)c3cccc(OCc4csc(C)n4)c3)CC2)c1. The van der Waals surface area contributed by atoms with Gasteiger partial charge in [-0.25, -0.2) is 4.98 Å².